The van der Waals surface area contributed by atoms with Crippen molar-refractivity contribution in [3.63, 3.8) is 0 Å². The van der Waals surface area contributed by atoms with Gasteiger partial charge in [0.15, 0.2) is 0 Å². The van der Waals surface area contributed by atoms with E-state index < -0.39 is 0 Å². The third-order valence-electron chi connectivity index (χ3n) is 4.48. The van der Waals surface area contributed by atoms with E-state index in [4.69, 9.17) is 5.73 Å². The second-order valence-electron chi connectivity index (χ2n) is 5.43. The van der Waals surface area contributed by atoms with Gasteiger partial charge in [-0.1, -0.05) is 6.42 Å². The Morgan fingerprint density at radius 3 is 2.76 bits per heavy atom. The maximum atomic E-state index is 9.51. The molecule has 4 heteroatoms. The van der Waals surface area contributed by atoms with Crippen molar-refractivity contribution in [2.24, 2.45) is 11.3 Å². The molecule has 1 atom stereocenters. The van der Waals surface area contributed by atoms with Gasteiger partial charge in [0.25, 0.3) is 0 Å². The summed E-state index contributed by atoms with van der Waals surface area (Å²) in [6.45, 7) is 2.26. The number of aromatic nitrogens is 1. The Morgan fingerprint density at radius 1 is 1.47 bits per heavy atom. The Labute approximate surface area is 101 Å². The summed E-state index contributed by atoms with van der Waals surface area (Å²) in [5.74, 6) is 1.40. The van der Waals surface area contributed by atoms with Crippen molar-refractivity contribution in [3.8, 4) is 0 Å². The number of pyridine rings is 1. The van der Waals surface area contributed by atoms with Gasteiger partial charge >= 0.3 is 0 Å². The van der Waals surface area contributed by atoms with Crippen LogP contribution in [0.3, 0.4) is 0 Å². The maximum Gasteiger partial charge on any atom is 0.128 e. The number of nitrogen functional groups attached to an aromatic ring is 1. The number of aliphatic hydroxyl groups is 1. The van der Waals surface area contributed by atoms with Gasteiger partial charge in [-0.2, -0.15) is 0 Å². The summed E-state index contributed by atoms with van der Waals surface area (Å²) >= 11 is 0. The van der Waals surface area contributed by atoms with E-state index in [9.17, 15) is 5.11 Å². The highest BCUT2D eigenvalue weighted by molar-refractivity contribution is 5.47. The topological polar surface area (TPSA) is 62.4 Å². The lowest BCUT2D eigenvalue weighted by Crippen LogP contribution is -2.38. The molecule has 1 saturated heterocycles. The molecule has 1 aromatic rings. The minimum Gasteiger partial charge on any atom is -0.397 e. The van der Waals surface area contributed by atoms with Gasteiger partial charge in [0.05, 0.1) is 11.9 Å². The molecule has 4 nitrogen and oxygen atoms in total. The highest BCUT2D eigenvalue weighted by Crippen LogP contribution is 2.51. The first-order valence-electron chi connectivity index (χ1n) is 6.31. The molecular formula is C13H19N3O. The zero-order chi connectivity index (χ0) is 11.9. The summed E-state index contributed by atoms with van der Waals surface area (Å²) in [7, 11) is 0. The molecule has 3 rings (SSSR count). The van der Waals surface area contributed by atoms with Gasteiger partial charge in [-0.15, -0.1) is 0 Å². The Hall–Kier alpha value is -1.29. The Morgan fingerprint density at radius 2 is 2.29 bits per heavy atom. The molecule has 17 heavy (non-hydrogen) atoms. The number of aliphatic hydroxyl groups excluding tert-OH is 1. The lowest BCUT2D eigenvalue weighted by Gasteiger charge is -2.42. The highest BCUT2D eigenvalue weighted by Gasteiger charge is 2.50. The average molecular weight is 233 g/mol. The van der Waals surface area contributed by atoms with Gasteiger partial charge in [-0.05, 0) is 30.4 Å². The van der Waals surface area contributed by atoms with Crippen LogP contribution in [0.1, 0.15) is 19.3 Å². The molecule has 1 aliphatic carbocycles. The minimum absolute atomic E-state index is 0.297. The van der Waals surface area contributed by atoms with E-state index >= 15 is 0 Å². The summed E-state index contributed by atoms with van der Waals surface area (Å²) in [5.41, 5.74) is 6.71. The molecule has 1 aliphatic heterocycles. The van der Waals surface area contributed by atoms with Gasteiger partial charge < -0.3 is 15.7 Å². The number of hydrogen-bond acceptors (Lipinski definition) is 4. The van der Waals surface area contributed by atoms with Crippen LogP contribution in [0, 0.1) is 11.3 Å². The molecule has 92 valence electrons. The van der Waals surface area contributed by atoms with Gasteiger partial charge in [-0.25, -0.2) is 4.98 Å². The van der Waals surface area contributed by atoms with Crippen LogP contribution in [0.2, 0.25) is 0 Å². The van der Waals surface area contributed by atoms with Crippen LogP contribution in [-0.2, 0) is 0 Å². The van der Waals surface area contributed by atoms with Crippen molar-refractivity contribution in [1.29, 1.82) is 0 Å². The standard InChI is InChI=1S/C13H19N3O/c14-11-2-3-12(15-6-11)16-7-10(8-17)13(9-16)4-1-5-13/h2-3,6,10,17H,1,4-5,7-9,14H2. The van der Waals surface area contributed by atoms with Crippen LogP contribution in [-0.4, -0.2) is 29.8 Å². The smallest absolute Gasteiger partial charge is 0.128 e. The lowest BCUT2D eigenvalue weighted by atomic mass is 9.63. The van der Waals surface area contributed by atoms with Crippen LogP contribution in [0.5, 0.6) is 0 Å². The van der Waals surface area contributed by atoms with Crippen molar-refractivity contribution in [1.82, 2.24) is 4.98 Å². The molecule has 0 amide bonds. The minimum atomic E-state index is 0.297. The second kappa shape index (κ2) is 3.88. The van der Waals surface area contributed by atoms with Crippen molar-refractivity contribution >= 4 is 11.5 Å². The molecule has 2 aliphatic rings. The quantitative estimate of drug-likeness (QED) is 0.807. The van der Waals surface area contributed by atoms with Gasteiger partial charge in [0.1, 0.15) is 5.82 Å². The zero-order valence-electron chi connectivity index (χ0n) is 9.97. The van der Waals surface area contributed by atoms with E-state index in [1.54, 1.807) is 6.20 Å². The van der Waals surface area contributed by atoms with Crippen LogP contribution in [0.25, 0.3) is 0 Å². The fourth-order valence-electron chi connectivity index (χ4n) is 3.24. The molecule has 0 bridgehead atoms. The normalized spacial score (nSPS) is 26.2. The SMILES string of the molecule is Nc1ccc(N2CC(CO)C3(CCC3)C2)nc1. The molecule has 1 aromatic heterocycles. The molecular weight excluding hydrogens is 214 g/mol. The van der Waals surface area contributed by atoms with Gasteiger partial charge in [0, 0.05) is 25.6 Å². The maximum absolute atomic E-state index is 9.51. The number of nitrogens with two attached hydrogens (primary N) is 1. The van der Waals surface area contributed by atoms with Crippen molar-refractivity contribution in [2.45, 2.75) is 19.3 Å². The zero-order valence-corrected chi connectivity index (χ0v) is 9.97. The van der Waals surface area contributed by atoms with E-state index in [-0.39, 0.29) is 0 Å². The number of anilines is 2. The third-order valence-corrected chi connectivity index (χ3v) is 4.48. The van der Waals surface area contributed by atoms with Crippen LogP contribution >= 0.6 is 0 Å². The van der Waals surface area contributed by atoms with Crippen LogP contribution in [0.4, 0.5) is 11.5 Å². The highest BCUT2D eigenvalue weighted by atomic mass is 16.3. The molecule has 1 spiro atoms. The molecule has 2 fully saturated rings. The molecule has 2 heterocycles. The monoisotopic (exact) mass is 233 g/mol. The fourth-order valence-corrected chi connectivity index (χ4v) is 3.24. The van der Waals surface area contributed by atoms with E-state index in [0.29, 0.717) is 23.6 Å². The van der Waals surface area contributed by atoms with Crippen molar-refractivity contribution in [3.05, 3.63) is 18.3 Å². The Bertz CT molecular complexity index is 400. The summed E-state index contributed by atoms with van der Waals surface area (Å²) in [6, 6.07) is 3.86. The molecule has 3 N–H and O–H groups in total. The van der Waals surface area contributed by atoms with Gasteiger partial charge in [0.2, 0.25) is 0 Å². The lowest BCUT2D eigenvalue weighted by molar-refractivity contribution is 0.0571. The summed E-state index contributed by atoms with van der Waals surface area (Å²) < 4.78 is 0. The van der Waals surface area contributed by atoms with E-state index in [1.165, 1.54) is 19.3 Å². The van der Waals surface area contributed by atoms with Gasteiger partial charge in [-0.3, -0.25) is 0 Å². The number of rotatable bonds is 2. The molecule has 1 unspecified atom stereocenters. The van der Waals surface area contributed by atoms with E-state index in [2.05, 4.69) is 9.88 Å². The predicted octanol–water partition coefficient (Wildman–Crippen LogP) is 1.26. The first kappa shape index (κ1) is 10.8. The van der Waals surface area contributed by atoms with Crippen LogP contribution in [0.15, 0.2) is 18.3 Å². The predicted molar refractivity (Wildman–Crippen MR) is 67.7 cm³/mol. The average Bonchev–Trinajstić information content (AvgIpc) is 2.69. The summed E-state index contributed by atoms with van der Waals surface area (Å²) in [6.07, 6.45) is 5.52. The van der Waals surface area contributed by atoms with Crippen molar-refractivity contribution < 1.29 is 5.11 Å². The van der Waals surface area contributed by atoms with E-state index in [0.717, 1.165) is 18.9 Å². The summed E-state index contributed by atoms with van der Waals surface area (Å²) in [4.78, 5) is 6.66. The van der Waals surface area contributed by atoms with Crippen molar-refractivity contribution in [2.75, 3.05) is 30.3 Å². The first-order chi connectivity index (χ1) is 8.23. The first-order valence-corrected chi connectivity index (χ1v) is 6.31. The molecule has 0 aromatic carbocycles. The largest absolute Gasteiger partial charge is 0.397 e. The molecule has 1 saturated carbocycles. The Balaban J connectivity index is 1.80. The number of nitrogens with zero attached hydrogens (tertiary/aromatic N) is 2. The molecule has 0 radical (unpaired) electrons. The summed E-state index contributed by atoms with van der Waals surface area (Å²) in [5, 5.41) is 9.51. The number of hydrogen-bond donors (Lipinski definition) is 2. The second-order valence-corrected chi connectivity index (χ2v) is 5.43. The van der Waals surface area contributed by atoms with E-state index in [1.807, 2.05) is 12.1 Å². The fraction of sp³-hybridized carbons (Fsp3) is 0.615. The van der Waals surface area contributed by atoms with Crippen LogP contribution < -0.4 is 10.6 Å². The third kappa shape index (κ3) is 1.67. The Kier molecular flexibility index (Phi) is 2.47.